The van der Waals surface area contributed by atoms with E-state index in [4.69, 9.17) is 0 Å². The molecule has 0 unspecified atom stereocenters. The zero-order valence-electron chi connectivity index (χ0n) is 14.1. The zero-order valence-corrected chi connectivity index (χ0v) is 14.1. The Kier molecular flexibility index (Phi) is 4.74. The number of aromatic nitrogens is 3. The molecule has 0 spiro atoms. The fourth-order valence-electron chi connectivity index (χ4n) is 2.53. The Bertz CT molecular complexity index is 932. The van der Waals surface area contributed by atoms with E-state index in [0.717, 1.165) is 5.39 Å². The third-order valence-corrected chi connectivity index (χ3v) is 3.76. The summed E-state index contributed by atoms with van der Waals surface area (Å²) >= 11 is 0. The first-order chi connectivity index (χ1) is 12.1. The van der Waals surface area contributed by atoms with Gasteiger partial charge >= 0.3 is 0 Å². The van der Waals surface area contributed by atoms with Crippen molar-refractivity contribution >= 4 is 28.5 Å². The minimum Gasteiger partial charge on any atom is -0.352 e. The second-order valence-electron chi connectivity index (χ2n) is 5.47. The molecule has 0 aliphatic rings. The van der Waals surface area contributed by atoms with Crippen molar-refractivity contribution in [2.24, 2.45) is 0 Å². The molecule has 3 aromatic rings. The highest BCUT2D eigenvalue weighted by Gasteiger charge is 2.15. The van der Waals surface area contributed by atoms with E-state index < -0.39 is 0 Å². The molecule has 0 aliphatic heterocycles. The number of rotatable bonds is 5. The van der Waals surface area contributed by atoms with Crippen LogP contribution in [0, 0.1) is 0 Å². The first kappa shape index (κ1) is 16.6. The van der Waals surface area contributed by atoms with Crippen molar-refractivity contribution in [2.75, 3.05) is 11.9 Å². The molecule has 25 heavy (non-hydrogen) atoms. The van der Waals surface area contributed by atoms with Gasteiger partial charge in [0, 0.05) is 24.7 Å². The van der Waals surface area contributed by atoms with Gasteiger partial charge in [0.15, 0.2) is 0 Å². The summed E-state index contributed by atoms with van der Waals surface area (Å²) in [5.74, 6) is -0.186. The van der Waals surface area contributed by atoms with E-state index >= 15 is 0 Å². The number of hydrogen-bond donors (Lipinski definition) is 2. The molecular weight excluding hydrogens is 318 g/mol. The molecule has 2 amide bonds. The predicted octanol–water partition coefficient (Wildman–Crippen LogP) is 2.45. The smallest absolute Gasteiger partial charge is 0.260 e. The maximum absolute atomic E-state index is 12.4. The standard InChI is InChI=1S/C18H19N5O2/c1-3-19-18(25)14-9-16(21-15-8-6-5-7-13(14)15)22-17(24)12-10-20-23(4-2)11-12/h5-11H,3-4H2,1-2H3,(H,19,25)(H,21,22,24). The summed E-state index contributed by atoms with van der Waals surface area (Å²) in [6, 6.07) is 8.93. The van der Waals surface area contributed by atoms with Crippen LogP contribution < -0.4 is 10.6 Å². The number of nitrogens with zero attached hydrogens (tertiary/aromatic N) is 3. The monoisotopic (exact) mass is 337 g/mol. The molecule has 7 nitrogen and oxygen atoms in total. The number of amides is 2. The summed E-state index contributed by atoms with van der Waals surface area (Å²) in [6.07, 6.45) is 3.17. The number of pyridine rings is 1. The van der Waals surface area contributed by atoms with Crippen molar-refractivity contribution in [1.29, 1.82) is 0 Å². The van der Waals surface area contributed by atoms with Gasteiger partial charge in [-0.1, -0.05) is 18.2 Å². The van der Waals surface area contributed by atoms with E-state index in [0.29, 0.717) is 35.6 Å². The average Bonchev–Trinajstić information content (AvgIpc) is 3.10. The number of fused-ring (bicyclic) bond motifs is 1. The molecule has 0 aliphatic carbocycles. The maximum atomic E-state index is 12.4. The normalized spacial score (nSPS) is 10.6. The van der Waals surface area contributed by atoms with Crippen molar-refractivity contribution in [2.45, 2.75) is 20.4 Å². The van der Waals surface area contributed by atoms with E-state index in [1.165, 1.54) is 6.20 Å². The summed E-state index contributed by atoms with van der Waals surface area (Å²) in [7, 11) is 0. The van der Waals surface area contributed by atoms with Gasteiger partial charge in [-0.2, -0.15) is 5.10 Å². The Morgan fingerprint density at radius 1 is 1.16 bits per heavy atom. The zero-order chi connectivity index (χ0) is 17.8. The van der Waals surface area contributed by atoms with Crippen LogP contribution in [0.1, 0.15) is 34.6 Å². The van der Waals surface area contributed by atoms with Crippen LogP contribution >= 0.6 is 0 Å². The quantitative estimate of drug-likeness (QED) is 0.748. The highest BCUT2D eigenvalue weighted by Crippen LogP contribution is 2.21. The van der Waals surface area contributed by atoms with E-state index in [2.05, 4.69) is 20.7 Å². The van der Waals surface area contributed by atoms with Crippen LogP contribution in [0.3, 0.4) is 0 Å². The Morgan fingerprint density at radius 2 is 1.96 bits per heavy atom. The maximum Gasteiger partial charge on any atom is 0.260 e. The highest BCUT2D eigenvalue weighted by atomic mass is 16.2. The Morgan fingerprint density at radius 3 is 2.68 bits per heavy atom. The van der Waals surface area contributed by atoms with Crippen molar-refractivity contribution in [3.8, 4) is 0 Å². The lowest BCUT2D eigenvalue weighted by Crippen LogP contribution is -2.23. The Hall–Kier alpha value is -3.22. The predicted molar refractivity (Wildman–Crippen MR) is 95.6 cm³/mol. The molecule has 3 rings (SSSR count). The second kappa shape index (κ2) is 7.12. The number of anilines is 1. The number of carbonyl (C=O) groups excluding carboxylic acids is 2. The van der Waals surface area contributed by atoms with Crippen molar-refractivity contribution in [3.63, 3.8) is 0 Å². The molecule has 0 radical (unpaired) electrons. The summed E-state index contributed by atoms with van der Waals surface area (Å²) in [4.78, 5) is 29.2. The average molecular weight is 337 g/mol. The lowest BCUT2D eigenvalue weighted by Gasteiger charge is -2.10. The van der Waals surface area contributed by atoms with Gasteiger partial charge in [0.1, 0.15) is 5.82 Å². The molecule has 7 heteroatoms. The number of para-hydroxylation sites is 1. The molecule has 0 saturated carbocycles. The second-order valence-corrected chi connectivity index (χ2v) is 5.47. The van der Waals surface area contributed by atoms with Gasteiger partial charge in [-0.15, -0.1) is 0 Å². The first-order valence-corrected chi connectivity index (χ1v) is 8.14. The minimum atomic E-state index is -0.315. The fraction of sp³-hybridized carbons (Fsp3) is 0.222. The third-order valence-electron chi connectivity index (χ3n) is 3.76. The lowest BCUT2D eigenvalue weighted by atomic mass is 10.1. The lowest BCUT2D eigenvalue weighted by molar-refractivity contribution is 0.0956. The van der Waals surface area contributed by atoms with Crippen LogP contribution in [0.15, 0.2) is 42.7 Å². The van der Waals surface area contributed by atoms with Gasteiger partial charge < -0.3 is 10.6 Å². The van der Waals surface area contributed by atoms with Crippen LogP contribution in [-0.2, 0) is 6.54 Å². The molecule has 2 aromatic heterocycles. The van der Waals surface area contributed by atoms with E-state index in [-0.39, 0.29) is 11.8 Å². The van der Waals surface area contributed by atoms with Crippen LogP contribution in [0.25, 0.3) is 10.9 Å². The van der Waals surface area contributed by atoms with Gasteiger partial charge in [-0.3, -0.25) is 14.3 Å². The van der Waals surface area contributed by atoms with Crippen LogP contribution in [0.4, 0.5) is 5.82 Å². The number of nitrogens with one attached hydrogen (secondary N) is 2. The minimum absolute atomic E-state index is 0.199. The van der Waals surface area contributed by atoms with Crippen LogP contribution in [0.5, 0.6) is 0 Å². The molecule has 2 N–H and O–H groups in total. The summed E-state index contributed by atoms with van der Waals surface area (Å²) in [5.41, 5.74) is 1.56. The summed E-state index contributed by atoms with van der Waals surface area (Å²) in [6.45, 7) is 5.00. The molecule has 2 heterocycles. The SMILES string of the molecule is CCNC(=O)c1cc(NC(=O)c2cnn(CC)c2)nc2ccccc12. The van der Waals surface area contributed by atoms with Crippen molar-refractivity contribution in [1.82, 2.24) is 20.1 Å². The summed E-state index contributed by atoms with van der Waals surface area (Å²) in [5, 5.41) is 10.4. The van der Waals surface area contributed by atoms with Crippen molar-refractivity contribution < 1.29 is 9.59 Å². The van der Waals surface area contributed by atoms with E-state index in [1.54, 1.807) is 16.9 Å². The van der Waals surface area contributed by atoms with Gasteiger partial charge in [-0.05, 0) is 26.0 Å². The number of benzene rings is 1. The number of hydrogen-bond acceptors (Lipinski definition) is 4. The van der Waals surface area contributed by atoms with Crippen LogP contribution in [0.2, 0.25) is 0 Å². The topological polar surface area (TPSA) is 88.9 Å². The first-order valence-electron chi connectivity index (χ1n) is 8.14. The largest absolute Gasteiger partial charge is 0.352 e. The third kappa shape index (κ3) is 3.50. The fourth-order valence-corrected chi connectivity index (χ4v) is 2.53. The Labute approximate surface area is 145 Å². The van der Waals surface area contributed by atoms with E-state index in [9.17, 15) is 9.59 Å². The molecule has 0 bridgehead atoms. The molecular formula is C18H19N5O2. The summed E-state index contributed by atoms with van der Waals surface area (Å²) < 4.78 is 1.67. The van der Waals surface area contributed by atoms with Gasteiger partial charge in [-0.25, -0.2) is 4.98 Å². The Balaban J connectivity index is 1.95. The molecule has 1 aromatic carbocycles. The van der Waals surface area contributed by atoms with E-state index in [1.807, 2.05) is 38.1 Å². The number of aryl methyl sites for hydroxylation is 1. The van der Waals surface area contributed by atoms with Gasteiger partial charge in [0.05, 0.1) is 22.8 Å². The molecule has 0 atom stereocenters. The molecule has 0 fully saturated rings. The van der Waals surface area contributed by atoms with Crippen LogP contribution in [-0.4, -0.2) is 33.1 Å². The van der Waals surface area contributed by atoms with Gasteiger partial charge in [0.25, 0.3) is 11.8 Å². The van der Waals surface area contributed by atoms with Gasteiger partial charge in [0.2, 0.25) is 0 Å². The molecule has 0 saturated heterocycles. The number of carbonyl (C=O) groups is 2. The highest BCUT2D eigenvalue weighted by molar-refractivity contribution is 6.09. The molecule has 128 valence electrons. The van der Waals surface area contributed by atoms with Crippen molar-refractivity contribution in [3.05, 3.63) is 53.9 Å².